The van der Waals surface area contributed by atoms with Crippen molar-refractivity contribution >= 4 is 17.6 Å². The Hall–Kier alpha value is -3.36. The molecule has 1 aliphatic carbocycles. The lowest BCUT2D eigenvalue weighted by Crippen LogP contribution is -2.24. The van der Waals surface area contributed by atoms with Crippen molar-refractivity contribution in [1.82, 2.24) is 15.2 Å². The van der Waals surface area contributed by atoms with E-state index in [1.165, 1.54) is 11.8 Å². The Morgan fingerprint density at radius 2 is 1.93 bits per heavy atom. The van der Waals surface area contributed by atoms with E-state index < -0.39 is 5.97 Å². The highest BCUT2D eigenvalue weighted by Crippen LogP contribution is 2.28. The lowest BCUT2D eigenvalue weighted by molar-refractivity contribution is -0.139. The lowest BCUT2D eigenvalue weighted by atomic mass is 10.1. The topological polar surface area (TPSA) is 115 Å². The molecule has 1 aliphatic rings. The van der Waals surface area contributed by atoms with Crippen LogP contribution in [-0.4, -0.2) is 41.6 Å². The molecule has 1 aromatic heterocycles. The van der Waals surface area contributed by atoms with Crippen molar-refractivity contribution < 1.29 is 19.1 Å². The van der Waals surface area contributed by atoms with Crippen LogP contribution in [0, 0.1) is 5.92 Å². The minimum Gasteiger partial charge on any atom is -0.497 e. The third-order valence-electron chi connectivity index (χ3n) is 4.49. The first-order chi connectivity index (χ1) is 13.4. The Labute approximate surface area is 161 Å². The van der Waals surface area contributed by atoms with Gasteiger partial charge in [-0.1, -0.05) is 0 Å². The van der Waals surface area contributed by atoms with Crippen LogP contribution < -0.4 is 15.7 Å². The maximum absolute atomic E-state index is 13.0. The van der Waals surface area contributed by atoms with Gasteiger partial charge >= 0.3 is 5.97 Å². The molecule has 0 spiro atoms. The van der Waals surface area contributed by atoms with Crippen molar-refractivity contribution in [2.75, 3.05) is 14.2 Å². The highest BCUT2D eigenvalue weighted by atomic mass is 16.5. The monoisotopic (exact) mass is 386 g/mol. The SMILES string of the molecule is COC(=O)Cc1[nH]n(-c2ccc(OC)cc2)c(=O)c1/C(C)=N\NC(=O)C1CC1. The van der Waals surface area contributed by atoms with Crippen molar-refractivity contribution in [3.8, 4) is 11.4 Å². The summed E-state index contributed by atoms with van der Waals surface area (Å²) >= 11 is 0. The van der Waals surface area contributed by atoms with Crippen LogP contribution >= 0.6 is 0 Å². The Bertz CT molecular complexity index is 967. The van der Waals surface area contributed by atoms with Crippen molar-refractivity contribution in [2.24, 2.45) is 11.0 Å². The standard InChI is InChI=1S/C19H22N4O5/c1-11(20-21-18(25)12-4-5-12)17-15(10-16(24)28-3)22-23(19(17)26)13-6-8-14(27-2)9-7-13/h6-9,12,22H,4-5,10H2,1-3H3,(H,21,25)/b20-11-. The first kappa shape index (κ1) is 19.4. The van der Waals surface area contributed by atoms with E-state index in [0.29, 0.717) is 22.8 Å². The Morgan fingerprint density at radius 3 is 2.50 bits per heavy atom. The van der Waals surface area contributed by atoms with E-state index in [-0.39, 0.29) is 29.4 Å². The average Bonchev–Trinajstić information content (AvgIpc) is 3.50. The maximum atomic E-state index is 13.0. The number of nitrogens with one attached hydrogen (secondary N) is 2. The van der Waals surface area contributed by atoms with Gasteiger partial charge in [-0.2, -0.15) is 5.10 Å². The molecule has 9 nitrogen and oxygen atoms in total. The summed E-state index contributed by atoms with van der Waals surface area (Å²) in [6.07, 6.45) is 1.57. The Morgan fingerprint density at radius 1 is 1.25 bits per heavy atom. The normalized spacial score (nSPS) is 13.9. The van der Waals surface area contributed by atoms with Gasteiger partial charge in [-0.25, -0.2) is 10.1 Å². The number of hydrogen-bond donors (Lipinski definition) is 2. The van der Waals surface area contributed by atoms with Crippen molar-refractivity contribution in [2.45, 2.75) is 26.2 Å². The van der Waals surface area contributed by atoms with E-state index in [1.807, 2.05) is 0 Å². The summed E-state index contributed by atoms with van der Waals surface area (Å²) in [5.41, 5.74) is 3.55. The molecule has 0 atom stereocenters. The van der Waals surface area contributed by atoms with E-state index in [0.717, 1.165) is 12.8 Å². The van der Waals surface area contributed by atoms with Crippen LogP contribution in [0.1, 0.15) is 31.0 Å². The van der Waals surface area contributed by atoms with Gasteiger partial charge in [0.05, 0.1) is 43.3 Å². The number of hydrazone groups is 1. The van der Waals surface area contributed by atoms with Crippen LogP contribution in [0.3, 0.4) is 0 Å². The molecule has 9 heteroatoms. The second kappa shape index (κ2) is 8.12. The Balaban J connectivity index is 1.98. The predicted octanol–water partition coefficient (Wildman–Crippen LogP) is 1.14. The van der Waals surface area contributed by atoms with Crippen molar-refractivity contribution in [3.63, 3.8) is 0 Å². The van der Waals surface area contributed by atoms with Gasteiger partial charge in [0.1, 0.15) is 5.75 Å². The number of aromatic nitrogens is 2. The van der Waals surface area contributed by atoms with Gasteiger partial charge < -0.3 is 9.47 Å². The van der Waals surface area contributed by atoms with Gasteiger partial charge in [0, 0.05) is 5.92 Å². The Kier molecular flexibility index (Phi) is 5.62. The van der Waals surface area contributed by atoms with E-state index in [2.05, 4.69) is 15.6 Å². The zero-order valence-corrected chi connectivity index (χ0v) is 15.9. The van der Waals surface area contributed by atoms with Crippen LogP contribution in [0.5, 0.6) is 5.75 Å². The maximum Gasteiger partial charge on any atom is 0.311 e. The zero-order chi connectivity index (χ0) is 20.3. The fraction of sp³-hybridized carbons (Fsp3) is 0.368. The number of amides is 1. The first-order valence-electron chi connectivity index (χ1n) is 8.84. The number of methoxy groups -OCH3 is 2. The molecular formula is C19H22N4O5. The molecule has 148 valence electrons. The number of esters is 1. The van der Waals surface area contributed by atoms with Crippen LogP contribution in [0.15, 0.2) is 34.2 Å². The highest BCUT2D eigenvalue weighted by Gasteiger charge is 2.29. The molecule has 2 N–H and O–H groups in total. The zero-order valence-electron chi connectivity index (χ0n) is 15.9. The lowest BCUT2D eigenvalue weighted by Gasteiger charge is -2.03. The summed E-state index contributed by atoms with van der Waals surface area (Å²) in [6.45, 7) is 1.61. The minimum atomic E-state index is -0.501. The van der Waals surface area contributed by atoms with E-state index in [1.54, 1.807) is 38.3 Å². The number of hydrogen-bond acceptors (Lipinski definition) is 6. The van der Waals surface area contributed by atoms with E-state index in [9.17, 15) is 14.4 Å². The molecule has 28 heavy (non-hydrogen) atoms. The summed E-state index contributed by atoms with van der Waals surface area (Å²) < 4.78 is 11.2. The highest BCUT2D eigenvalue weighted by molar-refractivity contribution is 6.00. The molecule has 1 fully saturated rings. The number of carbonyl (C=O) groups excluding carboxylic acids is 2. The van der Waals surface area contributed by atoms with Gasteiger partial charge in [-0.3, -0.25) is 19.5 Å². The summed E-state index contributed by atoms with van der Waals surface area (Å²) in [5.74, 6) is -0.0220. The molecule has 0 bridgehead atoms. The van der Waals surface area contributed by atoms with Crippen molar-refractivity contribution in [1.29, 1.82) is 0 Å². The van der Waals surface area contributed by atoms with Crippen LogP contribution in [0.25, 0.3) is 5.69 Å². The van der Waals surface area contributed by atoms with Crippen molar-refractivity contribution in [3.05, 3.63) is 45.9 Å². The van der Waals surface area contributed by atoms with Crippen LogP contribution in [0.4, 0.5) is 0 Å². The molecule has 0 aliphatic heterocycles. The second-order valence-electron chi connectivity index (χ2n) is 6.50. The second-order valence-corrected chi connectivity index (χ2v) is 6.50. The largest absolute Gasteiger partial charge is 0.497 e. The number of H-pyrrole nitrogens is 1. The number of ether oxygens (including phenoxy) is 2. The minimum absolute atomic E-state index is 0.00623. The fourth-order valence-corrected chi connectivity index (χ4v) is 2.74. The number of aromatic amines is 1. The van der Waals surface area contributed by atoms with E-state index >= 15 is 0 Å². The smallest absolute Gasteiger partial charge is 0.311 e. The average molecular weight is 386 g/mol. The molecule has 0 unspecified atom stereocenters. The molecule has 1 amide bonds. The summed E-state index contributed by atoms with van der Waals surface area (Å²) in [4.78, 5) is 36.6. The number of nitrogens with zero attached hydrogens (tertiary/aromatic N) is 2. The van der Waals surface area contributed by atoms with Gasteiger partial charge in [0.15, 0.2) is 0 Å². The summed E-state index contributed by atoms with van der Waals surface area (Å²) in [6, 6.07) is 6.87. The first-order valence-corrected chi connectivity index (χ1v) is 8.84. The molecule has 2 aromatic rings. The van der Waals surface area contributed by atoms with Crippen LogP contribution in [0.2, 0.25) is 0 Å². The van der Waals surface area contributed by atoms with Gasteiger partial charge in [-0.05, 0) is 44.0 Å². The van der Waals surface area contributed by atoms with Crippen LogP contribution in [-0.2, 0) is 20.7 Å². The molecule has 0 radical (unpaired) electrons. The van der Waals surface area contributed by atoms with Gasteiger partial charge in [0.25, 0.3) is 5.56 Å². The van der Waals surface area contributed by atoms with Gasteiger partial charge in [-0.15, -0.1) is 0 Å². The summed E-state index contributed by atoms with van der Waals surface area (Å²) in [7, 11) is 2.83. The molecule has 1 aromatic carbocycles. The van der Waals surface area contributed by atoms with E-state index in [4.69, 9.17) is 9.47 Å². The molecule has 0 saturated heterocycles. The number of rotatable bonds is 7. The fourth-order valence-electron chi connectivity index (χ4n) is 2.74. The molecule has 1 saturated carbocycles. The third-order valence-corrected chi connectivity index (χ3v) is 4.49. The third kappa shape index (κ3) is 4.13. The summed E-state index contributed by atoms with van der Waals surface area (Å²) in [5, 5.41) is 7.00. The molecular weight excluding hydrogens is 364 g/mol. The van der Waals surface area contributed by atoms with Gasteiger partial charge in [0.2, 0.25) is 5.91 Å². The number of carbonyl (C=O) groups is 2. The number of benzene rings is 1. The molecule has 3 rings (SSSR count). The molecule has 1 heterocycles. The quantitative estimate of drug-likeness (QED) is 0.421. The predicted molar refractivity (Wildman–Crippen MR) is 102 cm³/mol.